The lowest BCUT2D eigenvalue weighted by Crippen LogP contribution is -2.28. The number of benzene rings is 2. The van der Waals surface area contributed by atoms with Crippen LogP contribution in [0, 0.1) is 5.82 Å². The molecule has 0 saturated heterocycles. The lowest BCUT2D eigenvalue weighted by Gasteiger charge is -2.09. The van der Waals surface area contributed by atoms with Gasteiger partial charge in [-0.25, -0.2) is 4.39 Å². The minimum absolute atomic E-state index is 0.348. The maximum atomic E-state index is 13.1. The average Bonchev–Trinajstić information content (AvgIpc) is 2.97. The van der Waals surface area contributed by atoms with Crippen LogP contribution in [0.3, 0.4) is 0 Å². The van der Waals surface area contributed by atoms with Crippen LogP contribution in [-0.2, 0) is 9.63 Å². The third-order valence-electron chi connectivity index (χ3n) is 3.21. The van der Waals surface area contributed by atoms with E-state index in [0.717, 1.165) is 10.0 Å². The molecule has 22 heavy (non-hydrogen) atoms. The molecule has 6 heteroatoms. The van der Waals surface area contributed by atoms with E-state index in [-0.39, 0.29) is 5.91 Å². The average molecular weight is 363 g/mol. The number of nitrogens with one attached hydrogen (secondary N) is 1. The number of hydrogen-bond acceptors (Lipinski definition) is 3. The first-order valence-electron chi connectivity index (χ1n) is 6.67. The van der Waals surface area contributed by atoms with Gasteiger partial charge in [0.05, 0.1) is 5.71 Å². The summed E-state index contributed by atoms with van der Waals surface area (Å²) in [7, 11) is 0. The van der Waals surface area contributed by atoms with E-state index in [2.05, 4.69) is 26.4 Å². The summed E-state index contributed by atoms with van der Waals surface area (Å²) in [5.74, 6) is -0.754. The Bertz CT molecular complexity index is 748. The number of nitrogens with zero attached hydrogens (tertiary/aromatic N) is 1. The Morgan fingerprint density at radius 2 is 2.09 bits per heavy atom. The van der Waals surface area contributed by atoms with Gasteiger partial charge in [-0.2, -0.15) is 0 Å². The predicted molar refractivity (Wildman–Crippen MR) is 85.2 cm³/mol. The molecule has 0 saturated carbocycles. The molecule has 1 N–H and O–H groups in total. The van der Waals surface area contributed by atoms with Gasteiger partial charge in [0.25, 0.3) is 5.91 Å². The standard InChI is InChI=1S/C16H12BrFN2O2/c17-11-4-1-3-10(7-11)14-9-15(22-20-14)16(21)19-13-6-2-5-12(18)8-13/h1-8,15H,9H2,(H,19,21). The van der Waals surface area contributed by atoms with Crippen LogP contribution in [-0.4, -0.2) is 17.7 Å². The van der Waals surface area contributed by atoms with Crippen LogP contribution in [0.1, 0.15) is 12.0 Å². The van der Waals surface area contributed by atoms with Gasteiger partial charge in [0, 0.05) is 22.1 Å². The fourth-order valence-electron chi connectivity index (χ4n) is 2.15. The molecular weight excluding hydrogens is 351 g/mol. The van der Waals surface area contributed by atoms with Gasteiger partial charge in [-0.05, 0) is 30.3 Å². The Labute approximate surface area is 135 Å². The largest absolute Gasteiger partial charge is 0.382 e. The smallest absolute Gasteiger partial charge is 0.268 e. The van der Waals surface area contributed by atoms with Crippen LogP contribution in [0.15, 0.2) is 58.2 Å². The van der Waals surface area contributed by atoms with Crippen LogP contribution in [0.5, 0.6) is 0 Å². The SMILES string of the molecule is O=C(Nc1cccc(F)c1)C1CC(c2cccc(Br)c2)=NO1. The molecule has 2 aromatic rings. The molecule has 1 aliphatic heterocycles. The Morgan fingerprint density at radius 1 is 1.27 bits per heavy atom. The predicted octanol–water partition coefficient (Wildman–Crippen LogP) is 3.72. The van der Waals surface area contributed by atoms with E-state index in [1.54, 1.807) is 6.07 Å². The van der Waals surface area contributed by atoms with Crippen molar-refractivity contribution in [2.24, 2.45) is 5.16 Å². The molecule has 0 fully saturated rings. The van der Waals surface area contributed by atoms with E-state index < -0.39 is 11.9 Å². The molecule has 1 unspecified atom stereocenters. The summed E-state index contributed by atoms with van der Waals surface area (Å²) in [5, 5.41) is 6.59. The molecule has 1 amide bonds. The maximum absolute atomic E-state index is 13.1. The second-order valence-corrected chi connectivity index (χ2v) is 5.76. The van der Waals surface area contributed by atoms with E-state index in [9.17, 15) is 9.18 Å². The molecule has 1 aliphatic rings. The van der Waals surface area contributed by atoms with Crippen molar-refractivity contribution in [3.05, 3.63) is 64.4 Å². The first kappa shape index (κ1) is 14.7. The molecule has 1 atom stereocenters. The van der Waals surface area contributed by atoms with E-state index in [1.807, 2.05) is 24.3 Å². The van der Waals surface area contributed by atoms with Crippen molar-refractivity contribution in [2.75, 3.05) is 5.32 Å². The van der Waals surface area contributed by atoms with Crippen molar-refractivity contribution in [3.8, 4) is 0 Å². The first-order chi connectivity index (χ1) is 10.6. The molecule has 0 spiro atoms. The zero-order valence-corrected chi connectivity index (χ0v) is 13.0. The lowest BCUT2D eigenvalue weighted by atomic mass is 10.0. The third kappa shape index (κ3) is 3.33. The molecule has 112 valence electrons. The molecule has 0 radical (unpaired) electrons. The van der Waals surface area contributed by atoms with Gasteiger partial charge in [0.2, 0.25) is 6.10 Å². The first-order valence-corrected chi connectivity index (χ1v) is 7.46. The fraction of sp³-hybridized carbons (Fsp3) is 0.125. The third-order valence-corrected chi connectivity index (χ3v) is 3.70. The fourth-order valence-corrected chi connectivity index (χ4v) is 2.54. The summed E-state index contributed by atoms with van der Waals surface area (Å²) in [5.41, 5.74) is 2.00. The van der Waals surface area contributed by atoms with Crippen LogP contribution >= 0.6 is 15.9 Å². The second-order valence-electron chi connectivity index (χ2n) is 4.85. The number of carbonyl (C=O) groups is 1. The normalized spacial score (nSPS) is 16.8. The van der Waals surface area contributed by atoms with Crippen molar-refractivity contribution < 1.29 is 14.0 Å². The summed E-state index contributed by atoms with van der Waals surface area (Å²) in [6, 6.07) is 13.3. The van der Waals surface area contributed by atoms with Gasteiger partial charge in [0.15, 0.2) is 0 Å². The summed E-state index contributed by atoms with van der Waals surface area (Å²) in [6.45, 7) is 0. The Kier molecular flexibility index (Phi) is 4.20. The quantitative estimate of drug-likeness (QED) is 0.904. The number of halogens is 2. The van der Waals surface area contributed by atoms with Crippen molar-refractivity contribution >= 4 is 33.2 Å². The van der Waals surface area contributed by atoms with E-state index >= 15 is 0 Å². The van der Waals surface area contributed by atoms with Gasteiger partial charge in [-0.15, -0.1) is 0 Å². The van der Waals surface area contributed by atoms with Crippen molar-refractivity contribution in [1.29, 1.82) is 0 Å². The highest BCUT2D eigenvalue weighted by molar-refractivity contribution is 9.10. The highest BCUT2D eigenvalue weighted by atomic mass is 79.9. The molecule has 1 heterocycles. The summed E-state index contributed by atoms with van der Waals surface area (Å²) in [4.78, 5) is 17.3. The lowest BCUT2D eigenvalue weighted by molar-refractivity contribution is -0.125. The highest BCUT2D eigenvalue weighted by Gasteiger charge is 2.29. The molecule has 0 bridgehead atoms. The van der Waals surface area contributed by atoms with Crippen LogP contribution in [0.2, 0.25) is 0 Å². The minimum atomic E-state index is -0.711. The van der Waals surface area contributed by atoms with Crippen molar-refractivity contribution in [3.63, 3.8) is 0 Å². The summed E-state index contributed by atoms with van der Waals surface area (Å²) < 4.78 is 14.0. The van der Waals surface area contributed by atoms with Gasteiger partial charge in [-0.3, -0.25) is 4.79 Å². The number of hydrogen-bond donors (Lipinski definition) is 1. The van der Waals surface area contributed by atoms with Crippen molar-refractivity contribution in [1.82, 2.24) is 0 Å². The van der Waals surface area contributed by atoms with Gasteiger partial charge >= 0.3 is 0 Å². The number of rotatable bonds is 3. The topological polar surface area (TPSA) is 50.7 Å². The van der Waals surface area contributed by atoms with E-state index in [0.29, 0.717) is 17.8 Å². The molecule has 0 aliphatic carbocycles. The number of amides is 1. The molecule has 3 rings (SSSR count). The zero-order valence-electron chi connectivity index (χ0n) is 11.4. The number of anilines is 1. The minimum Gasteiger partial charge on any atom is -0.382 e. The highest BCUT2D eigenvalue weighted by Crippen LogP contribution is 2.21. The Morgan fingerprint density at radius 3 is 2.86 bits per heavy atom. The van der Waals surface area contributed by atoms with E-state index in [4.69, 9.17) is 4.84 Å². The van der Waals surface area contributed by atoms with Gasteiger partial charge in [0.1, 0.15) is 5.82 Å². The monoisotopic (exact) mass is 362 g/mol. The second kappa shape index (κ2) is 6.27. The number of oxime groups is 1. The maximum Gasteiger partial charge on any atom is 0.268 e. The molecule has 0 aromatic heterocycles. The van der Waals surface area contributed by atoms with E-state index in [1.165, 1.54) is 18.2 Å². The van der Waals surface area contributed by atoms with Crippen LogP contribution in [0.4, 0.5) is 10.1 Å². The Hall–Kier alpha value is -2.21. The summed E-state index contributed by atoms with van der Waals surface area (Å²) >= 11 is 3.39. The number of carbonyl (C=O) groups excluding carboxylic acids is 1. The zero-order chi connectivity index (χ0) is 15.5. The van der Waals surface area contributed by atoms with Crippen LogP contribution < -0.4 is 5.32 Å². The molecule has 2 aromatic carbocycles. The molecule has 4 nitrogen and oxygen atoms in total. The van der Waals surface area contributed by atoms with Gasteiger partial charge < -0.3 is 10.2 Å². The molecular formula is C16H12BrFN2O2. The van der Waals surface area contributed by atoms with Crippen molar-refractivity contribution in [2.45, 2.75) is 12.5 Å². The van der Waals surface area contributed by atoms with Crippen LogP contribution in [0.25, 0.3) is 0 Å². The summed E-state index contributed by atoms with van der Waals surface area (Å²) in [6.07, 6.45) is -0.338. The Balaban J connectivity index is 1.65. The van der Waals surface area contributed by atoms with Gasteiger partial charge in [-0.1, -0.05) is 39.3 Å².